The lowest BCUT2D eigenvalue weighted by Gasteiger charge is -2.30. The highest BCUT2D eigenvalue weighted by molar-refractivity contribution is 9.10. The van der Waals surface area contributed by atoms with Crippen LogP contribution >= 0.6 is 15.9 Å². The molecule has 0 bridgehead atoms. The van der Waals surface area contributed by atoms with E-state index in [9.17, 15) is 4.79 Å². The van der Waals surface area contributed by atoms with Crippen LogP contribution in [-0.4, -0.2) is 41.2 Å². The monoisotopic (exact) mass is 691 g/mol. The van der Waals surface area contributed by atoms with E-state index in [4.69, 9.17) is 14.2 Å². The number of imidazole rings is 1. The molecule has 240 valence electrons. The second-order valence-electron chi connectivity index (χ2n) is 12.0. The predicted molar refractivity (Wildman–Crippen MR) is 179 cm³/mol. The number of benzene rings is 3. The third-order valence-electron chi connectivity index (χ3n) is 8.22. The predicted octanol–water partition coefficient (Wildman–Crippen LogP) is 9.34. The highest BCUT2D eigenvalue weighted by atomic mass is 79.9. The first-order valence-corrected chi connectivity index (χ1v) is 15.6. The summed E-state index contributed by atoms with van der Waals surface area (Å²) >= 11 is 3.58. The van der Waals surface area contributed by atoms with Gasteiger partial charge < -0.3 is 24.2 Å². The fraction of sp³-hybridized carbons (Fsp3) is 0.278. The van der Waals surface area contributed by atoms with Crippen LogP contribution in [0.3, 0.4) is 0 Å². The number of nitrogens with zero attached hydrogens (tertiary/aromatic N) is 1. The number of ether oxygens (including phenoxy) is 3. The van der Waals surface area contributed by atoms with Crippen molar-refractivity contribution in [2.45, 2.75) is 39.0 Å². The van der Waals surface area contributed by atoms with Gasteiger partial charge in [0, 0.05) is 57.1 Å². The lowest BCUT2D eigenvalue weighted by Crippen LogP contribution is -2.31. The van der Waals surface area contributed by atoms with Gasteiger partial charge in [-0.05, 0) is 75.6 Å². The van der Waals surface area contributed by atoms with E-state index in [1.54, 1.807) is 26.2 Å². The van der Waals surface area contributed by atoms with Crippen LogP contribution < -0.4 is 4.74 Å². The van der Waals surface area contributed by atoms with Crippen molar-refractivity contribution < 1.29 is 27.8 Å². The van der Waals surface area contributed by atoms with Crippen molar-refractivity contribution in [3.8, 4) is 22.9 Å². The first kappa shape index (κ1) is 33.1. The van der Waals surface area contributed by atoms with E-state index in [2.05, 4.69) is 44.4 Å². The third kappa shape index (κ3) is 6.78. The van der Waals surface area contributed by atoms with Gasteiger partial charge in [0.2, 0.25) is 0 Å². The molecule has 0 amide bonds. The van der Waals surface area contributed by atoms with Crippen molar-refractivity contribution in [1.29, 1.82) is 0 Å². The molecule has 2 heterocycles. The summed E-state index contributed by atoms with van der Waals surface area (Å²) in [6.45, 7) is 10.1. The van der Waals surface area contributed by atoms with Gasteiger partial charge in [-0.3, -0.25) is 4.79 Å². The fourth-order valence-electron chi connectivity index (χ4n) is 5.55. The number of rotatable bonds is 13. The smallest absolute Gasteiger partial charge is 0.313 e. The number of nitrogens with one attached hydrogen (secondary N) is 2. The van der Waals surface area contributed by atoms with Gasteiger partial charge in [-0.2, -0.15) is 0 Å². The Morgan fingerprint density at radius 3 is 2.63 bits per heavy atom. The van der Waals surface area contributed by atoms with Gasteiger partial charge in [-0.1, -0.05) is 40.7 Å². The zero-order valence-electron chi connectivity index (χ0n) is 26.2. The highest BCUT2D eigenvalue weighted by Crippen LogP contribution is 2.39. The Kier molecular flexibility index (Phi) is 9.79. The maximum atomic E-state index is 15.3. The molecule has 2 N–H and O–H groups in total. The normalized spacial score (nSPS) is 13.0. The van der Waals surface area contributed by atoms with Crippen LogP contribution in [0.2, 0.25) is 0 Å². The quantitative estimate of drug-likeness (QED) is 0.0949. The molecule has 7 nitrogen and oxygen atoms in total. The minimum Gasteiger partial charge on any atom is -0.469 e. The maximum Gasteiger partial charge on any atom is 0.313 e. The minimum atomic E-state index is -0.753. The van der Waals surface area contributed by atoms with Crippen LogP contribution in [0.25, 0.3) is 28.4 Å². The van der Waals surface area contributed by atoms with E-state index in [1.807, 2.05) is 30.3 Å². The zero-order chi connectivity index (χ0) is 33.1. The van der Waals surface area contributed by atoms with Crippen molar-refractivity contribution in [2.75, 3.05) is 20.3 Å². The second kappa shape index (κ2) is 13.6. The summed E-state index contributed by atoms with van der Waals surface area (Å²) in [7, 11) is 1.36. The number of aromatic nitrogens is 3. The Bertz CT molecular complexity index is 1880. The SMILES string of the molecule is C=Cc1c(Oc2ccc(F)c(-c3ncc(C(C)(CCCOCC(C)(C)C(=O)OC)c4cccc(Br)c4)[nH]3)c2)c(F)cc2[nH]ccc12. The van der Waals surface area contributed by atoms with Crippen molar-refractivity contribution >= 4 is 38.9 Å². The number of hydrogen-bond acceptors (Lipinski definition) is 5. The molecule has 0 aliphatic heterocycles. The van der Waals surface area contributed by atoms with Crippen molar-refractivity contribution in [2.24, 2.45) is 5.41 Å². The van der Waals surface area contributed by atoms with Crippen LogP contribution in [0.1, 0.15) is 50.4 Å². The van der Waals surface area contributed by atoms with Crippen LogP contribution in [-0.2, 0) is 19.7 Å². The first-order chi connectivity index (χ1) is 22.0. The Hall–Kier alpha value is -4.28. The molecule has 5 aromatic rings. The van der Waals surface area contributed by atoms with Gasteiger partial charge in [0.15, 0.2) is 11.6 Å². The number of carbonyl (C=O) groups excluding carboxylic acids is 1. The molecule has 0 aliphatic rings. The largest absolute Gasteiger partial charge is 0.469 e. The molecule has 3 aromatic carbocycles. The molecule has 10 heteroatoms. The van der Waals surface area contributed by atoms with E-state index in [-0.39, 0.29) is 29.6 Å². The molecular formula is C36H36BrF2N3O4. The highest BCUT2D eigenvalue weighted by Gasteiger charge is 2.32. The van der Waals surface area contributed by atoms with Gasteiger partial charge in [0.25, 0.3) is 0 Å². The summed E-state index contributed by atoms with van der Waals surface area (Å²) in [4.78, 5) is 22.9. The van der Waals surface area contributed by atoms with Gasteiger partial charge in [0.05, 0.1) is 24.7 Å². The van der Waals surface area contributed by atoms with E-state index in [0.29, 0.717) is 36.4 Å². The Balaban J connectivity index is 1.41. The topological polar surface area (TPSA) is 89.2 Å². The van der Waals surface area contributed by atoms with Crippen molar-refractivity contribution in [3.63, 3.8) is 0 Å². The van der Waals surface area contributed by atoms with Crippen LogP contribution in [0.4, 0.5) is 8.78 Å². The molecule has 2 aromatic heterocycles. The number of hydrogen-bond donors (Lipinski definition) is 2. The number of fused-ring (bicyclic) bond motifs is 1. The van der Waals surface area contributed by atoms with Crippen molar-refractivity contribution in [1.82, 2.24) is 15.0 Å². The average molecular weight is 693 g/mol. The molecule has 0 saturated carbocycles. The van der Waals surface area contributed by atoms with Crippen molar-refractivity contribution in [3.05, 3.63) is 106 Å². The lowest BCUT2D eigenvalue weighted by molar-refractivity contribution is -0.154. The second-order valence-corrected chi connectivity index (χ2v) is 12.9. The van der Waals surface area contributed by atoms with Gasteiger partial charge in [-0.15, -0.1) is 0 Å². The molecule has 0 fully saturated rings. The zero-order valence-corrected chi connectivity index (χ0v) is 27.8. The number of aromatic amines is 2. The summed E-state index contributed by atoms with van der Waals surface area (Å²) < 4.78 is 48.0. The van der Waals surface area contributed by atoms with Crippen LogP contribution in [0, 0.1) is 17.0 Å². The summed E-state index contributed by atoms with van der Waals surface area (Å²) in [6, 6.07) is 15.4. The fourth-order valence-corrected chi connectivity index (χ4v) is 5.95. The molecule has 1 unspecified atom stereocenters. The molecule has 5 rings (SSSR count). The minimum absolute atomic E-state index is 0.000727. The lowest BCUT2D eigenvalue weighted by atomic mass is 9.76. The van der Waals surface area contributed by atoms with E-state index < -0.39 is 22.5 Å². The van der Waals surface area contributed by atoms with Gasteiger partial charge in [-0.25, -0.2) is 13.8 Å². The number of esters is 1. The average Bonchev–Trinajstić information content (AvgIpc) is 3.72. The van der Waals surface area contributed by atoms with Gasteiger partial charge in [0.1, 0.15) is 17.4 Å². The number of H-pyrrole nitrogens is 2. The Morgan fingerprint density at radius 2 is 1.89 bits per heavy atom. The van der Waals surface area contributed by atoms with E-state index >= 15 is 8.78 Å². The maximum absolute atomic E-state index is 15.3. The van der Waals surface area contributed by atoms with E-state index in [1.165, 1.54) is 37.5 Å². The van der Waals surface area contributed by atoms with Gasteiger partial charge >= 0.3 is 5.97 Å². The summed E-state index contributed by atoms with van der Waals surface area (Å²) in [6.07, 6.45) is 6.30. The third-order valence-corrected chi connectivity index (χ3v) is 8.71. The number of halogens is 3. The number of carbonyl (C=O) groups is 1. The molecule has 0 saturated heterocycles. The molecule has 46 heavy (non-hydrogen) atoms. The summed E-state index contributed by atoms with van der Waals surface area (Å²) in [5.41, 5.74) is 1.79. The Labute approximate surface area is 275 Å². The molecule has 0 spiro atoms. The molecule has 0 radical (unpaired) electrons. The first-order valence-electron chi connectivity index (χ1n) is 14.8. The number of methoxy groups -OCH3 is 1. The molecular weight excluding hydrogens is 656 g/mol. The molecule has 1 atom stereocenters. The van der Waals surface area contributed by atoms with Crippen LogP contribution in [0.5, 0.6) is 11.5 Å². The van der Waals surface area contributed by atoms with Crippen LogP contribution in [0.15, 0.2) is 78.0 Å². The summed E-state index contributed by atoms with van der Waals surface area (Å²) in [5.74, 6) is -0.859. The summed E-state index contributed by atoms with van der Waals surface area (Å²) in [5, 5.41) is 0.758. The Morgan fingerprint density at radius 1 is 1.09 bits per heavy atom. The standard InChI is InChI=1S/C36H36BrF2N3O4/c1-6-25-26-13-15-40-30(26)19-29(39)32(25)46-24-11-12-28(38)27(18-24)33-41-20-31(42-33)36(4,22-9-7-10-23(37)17-22)14-8-16-45-21-35(2,3)34(43)44-5/h6-7,9-13,15,17-20,40H,1,8,14,16,21H2,2-5H3,(H,41,42). The molecule has 0 aliphatic carbocycles. The van der Waals surface area contributed by atoms with E-state index in [0.717, 1.165) is 21.1 Å².